The van der Waals surface area contributed by atoms with Crippen molar-refractivity contribution >= 4 is 0 Å². The van der Waals surface area contributed by atoms with Crippen molar-refractivity contribution in [2.75, 3.05) is 0 Å². The number of nitrogens with zero attached hydrogens (tertiary/aromatic N) is 1. The smallest absolute Gasteiger partial charge is 0.218 e. The van der Waals surface area contributed by atoms with E-state index >= 15 is 0 Å². The zero-order chi connectivity index (χ0) is 11.4. The summed E-state index contributed by atoms with van der Waals surface area (Å²) in [7, 11) is 0. The minimum atomic E-state index is 0.178. The second kappa shape index (κ2) is 5.30. The van der Waals surface area contributed by atoms with Gasteiger partial charge in [-0.05, 0) is 32.8 Å². The topological polar surface area (TPSA) is 34.1 Å². The first kappa shape index (κ1) is 11.4. The summed E-state index contributed by atoms with van der Waals surface area (Å²) >= 11 is 0. The molecule has 0 saturated heterocycles. The van der Waals surface area contributed by atoms with Crippen molar-refractivity contribution in [2.45, 2.75) is 51.8 Å². The molecule has 3 nitrogen and oxygen atoms in total. The molecule has 0 radical (unpaired) electrons. The lowest BCUT2D eigenvalue weighted by molar-refractivity contribution is 0.228. The van der Waals surface area contributed by atoms with E-state index in [1.54, 1.807) is 6.20 Å². The third-order valence-corrected chi connectivity index (χ3v) is 2.88. The second-order valence-corrected chi connectivity index (χ2v) is 4.64. The van der Waals surface area contributed by atoms with E-state index in [0.29, 0.717) is 6.04 Å². The van der Waals surface area contributed by atoms with Gasteiger partial charge >= 0.3 is 0 Å². The maximum atomic E-state index is 5.68. The Balaban J connectivity index is 1.94. The molecule has 1 saturated carbocycles. The van der Waals surface area contributed by atoms with Gasteiger partial charge in [-0.2, -0.15) is 0 Å². The van der Waals surface area contributed by atoms with Crippen molar-refractivity contribution in [1.82, 2.24) is 10.3 Å². The number of rotatable bonds is 5. The van der Waals surface area contributed by atoms with E-state index in [-0.39, 0.29) is 6.10 Å². The van der Waals surface area contributed by atoms with Gasteiger partial charge in [0.1, 0.15) is 0 Å². The summed E-state index contributed by atoms with van der Waals surface area (Å²) in [4.78, 5) is 4.28. The average Bonchev–Trinajstić information content (AvgIpc) is 2.17. The molecular formula is C13H20N2O. The van der Waals surface area contributed by atoms with Gasteiger partial charge in [0.05, 0.1) is 6.10 Å². The van der Waals surface area contributed by atoms with Crippen LogP contribution in [-0.4, -0.2) is 17.1 Å². The van der Waals surface area contributed by atoms with Crippen molar-refractivity contribution in [3.8, 4) is 5.88 Å². The van der Waals surface area contributed by atoms with Crippen LogP contribution >= 0.6 is 0 Å². The zero-order valence-corrected chi connectivity index (χ0v) is 10.1. The predicted molar refractivity (Wildman–Crippen MR) is 64.5 cm³/mol. The Bertz CT molecular complexity index is 334. The number of aromatic nitrogens is 1. The van der Waals surface area contributed by atoms with Gasteiger partial charge in [0.25, 0.3) is 0 Å². The fourth-order valence-corrected chi connectivity index (χ4v) is 1.75. The molecule has 3 heteroatoms. The van der Waals surface area contributed by atoms with E-state index in [4.69, 9.17) is 4.74 Å². The molecule has 0 atom stereocenters. The summed E-state index contributed by atoms with van der Waals surface area (Å²) in [5.74, 6) is 0.768. The number of hydrogen-bond acceptors (Lipinski definition) is 3. The molecule has 1 aliphatic carbocycles. The van der Waals surface area contributed by atoms with Crippen molar-refractivity contribution in [1.29, 1.82) is 0 Å². The van der Waals surface area contributed by atoms with Gasteiger partial charge in [0.15, 0.2) is 0 Å². The quantitative estimate of drug-likeness (QED) is 0.828. The molecule has 16 heavy (non-hydrogen) atoms. The summed E-state index contributed by atoms with van der Waals surface area (Å²) < 4.78 is 5.68. The van der Waals surface area contributed by atoms with E-state index in [1.165, 1.54) is 19.3 Å². The van der Waals surface area contributed by atoms with Crippen LogP contribution in [0, 0.1) is 0 Å². The van der Waals surface area contributed by atoms with Crippen LogP contribution in [0.25, 0.3) is 0 Å². The summed E-state index contributed by atoms with van der Waals surface area (Å²) in [6.07, 6.45) is 5.93. The Morgan fingerprint density at radius 3 is 2.94 bits per heavy atom. The van der Waals surface area contributed by atoms with E-state index in [0.717, 1.165) is 18.0 Å². The van der Waals surface area contributed by atoms with Crippen LogP contribution in [0.1, 0.15) is 38.7 Å². The van der Waals surface area contributed by atoms with E-state index in [2.05, 4.69) is 16.4 Å². The maximum absolute atomic E-state index is 5.68. The van der Waals surface area contributed by atoms with Crippen LogP contribution in [0.3, 0.4) is 0 Å². The minimum Gasteiger partial charge on any atom is -0.475 e. The van der Waals surface area contributed by atoms with Gasteiger partial charge in [-0.3, -0.25) is 0 Å². The van der Waals surface area contributed by atoms with Crippen LogP contribution in [0.4, 0.5) is 0 Å². The Kier molecular flexibility index (Phi) is 3.78. The summed E-state index contributed by atoms with van der Waals surface area (Å²) in [6, 6.07) is 4.74. The van der Waals surface area contributed by atoms with Crippen LogP contribution in [0.2, 0.25) is 0 Å². The fraction of sp³-hybridized carbons (Fsp3) is 0.615. The third kappa shape index (κ3) is 2.95. The molecule has 1 aliphatic rings. The van der Waals surface area contributed by atoms with Gasteiger partial charge in [0.2, 0.25) is 5.88 Å². The van der Waals surface area contributed by atoms with Crippen LogP contribution in [0.15, 0.2) is 18.3 Å². The lowest BCUT2D eigenvalue weighted by Gasteiger charge is -2.26. The molecule has 1 heterocycles. The lowest BCUT2D eigenvalue weighted by atomic mass is 9.93. The number of ether oxygens (including phenoxy) is 1. The predicted octanol–water partition coefficient (Wildman–Crippen LogP) is 2.51. The summed E-state index contributed by atoms with van der Waals surface area (Å²) in [5.41, 5.74) is 1.16. The molecule has 1 aromatic rings. The third-order valence-electron chi connectivity index (χ3n) is 2.88. The van der Waals surface area contributed by atoms with Crippen LogP contribution in [-0.2, 0) is 6.54 Å². The molecule has 0 unspecified atom stereocenters. The van der Waals surface area contributed by atoms with Gasteiger partial charge < -0.3 is 10.1 Å². The highest BCUT2D eigenvalue weighted by atomic mass is 16.5. The molecule has 0 aromatic carbocycles. The first-order chi connectivity index (χ1) is 7.75. The standard InChI is InChI=1S/C13H20N2O/c1-10(2)16-13-11(5-4-8-14-13)9-15-12-6-3-7-12/h4-5,8,10,12,15H,3,6-7,9H2,1-2H3. The molecular weight excluding hydrogens is 200 g/mol. The lowest BCUT2D eigenvalue weighted by Crippen LogP contribution is -2.34. The average molecular weight is 220 g/mol. The van der Waals surface area contributed by atoms with Crippen LogP contribution in [0.5, 0.6) is 5.88 Å². The number of nitrogens with one attached hydrogen (secondary N) is 1. The monoisotopic (exact) mass is 220 g/mol. The van der Waals surface area contributed by atoms with Gasteiger partial charge in [-0.1, -0.05) is 12.5 Å². The molecule has 88 valence electrons. The molecule has 0 bridgehead atoms. The summed E-state index contributed by atoms with van der Waals surface area (Å²) in [6.45, 7) is 4.91. The second-order valence-electron chi connectivity index (χ2n) is 4.64. The first-order valence-electron chi connectivity index (χ1n) is 6.09. The van der Waals surface area contributed by atoms with E-state index in [1.807, 2.05) is 19.9 Å². The SMILES string of the molecule is CC(C)Oc1ncccc1CNC1CCC1. The van der Waals surface area contributed by atoms with Gasteiger partial charge in [0, 0.05) is 24.3 Å². The first-order valence-corrected chi connectivity index (χ1v) is 6.09. The van der Waals surface area contributed by atoms with Crippen molar-refractivity contribution < 1.29 is 4.74 Å². The molecule has 1 N–H and O–H groups in total. The van der Waals surface area contributed by atoms with Crippen molar-refractivity contribution in [3.63, 3.8) is 0 Å². The van der Waals surface area contributed by atoms with E-state index < -0.39 is 0 Å². The maximum Gasteiger partial charge on any atom is 0.218 e. The minimum absolute atomic E-state index is 0.178. The highest BCUT2D eigenvalue weighted by Crippen LogP contribution is 2.20. The molecule has 1 fully saturated rings. The van der Waals surface area contributed by atoms with Crippen molar-refractivity contribution in [2.24, 2.45) is 0 Å². The highest BCUT2D eigenvalue weighted by Gasteiger charge is 2.17. The molecule has 1 aromatic heterocycles. The Labute approximate surface area is 97.2 Å². The number of hydrogen-bond donors (Lipinski definition) is 1. The normalized spacial score (nSPS) is 16.2. The highest BCUT2D eigenvalue weighted by molar-refractivity contribution is 5.25. The van der Waals surface area contributed by atoms with Crippen molar-refractivity contribution in [3.05, 3.63) is 23.9 Å². The Hall–Kier alpha value is -1.09. The largest absolute Gasteiger partial charge is 0.475 e. The number of pyridine rings is 1. The Morgan fingerprint density at radius 2 is 2.31 bits per heavy atom. The van der Waals surface area contributed by atoms with Crippen LogP contribution < -0.4 is 10.1 Å². The zero-order valence-electron chi connectivity index (χ0n) is 10.1. The van der Waals surface area contributed by atoms with Gasteiger partial charge in [-0.25, -0.2) is 4.98 Å². The molecule has 2 rings (SSSR count). The van der Waals surface area contributed by atoms with E-state index in [9.17, 15) is 0 Å². The summed E-state index contributed by atoms with van der Waals surface area (Å²) in [5, 5.41) is 3.53. The molecule has 0 amide bonds. The Morgan fingerprint density at radius 1 is 1.50 bits per heavy atom. The molecule has 0 spiro atoms. The molecule has 0 aliphatic heterocycles. The fourth-order valence-electron chi connectivity index (χ4n) is 1.75. The van der Waals surface area contributed by atoms with Gasteiger partial charge in [-0.15, -0.1) is 0 Å².